The summed E-state index contributed by atoms with van der Waals surface area (Å²) in [5, 5.41) is 6.75. The van der Waals surface area contributed by atoms with Gasteiger partial charge in [0.2, 0.25) is 0 Å². The summed E-state index contributed by atoms with van der Waals surface area (Å²) in [6, 6.07) is 9.57. The van der Waals surface area contributed by atoms with Gasteiger partial charge in [-0.15, -0.1) is 0 Å². The lowest BCUT2D eigenvalue weighted by Gasteiger charge is -2.40. The van der Waals surface area contributed by atoms with Gasteiger partial charge in [0.05, 0.1) is 5.60 Å². The maximum absolute atomic E-state index is 11.9. The van der Waals surface area contributed by atoms with E-state index < -0.39 is 0 Å². The molecule has 0 bridgehead atoms. The maximum Gasteiger partial charge on any atom is 0.321 e. The minimum Gasteiger partial charge on any atom is -0.375 e. The molecule has 0 aliphatic carbocycles. The molecule has 3 saturated heterocycles. The first-order chi connectivity index (χ1) is 13.0. The van der Waals surface area contributed by atoms with E-state index in [0.29, 0.717) is 12.1 Å². The Hall–Kier alpha value is -1.79. The van der Waals surface area contributed by atoms with Gasteiger partial charge in [0.25, 0.3) is 0 Å². The molecule has 6 heteroatoms. The van der Waals surface area contributed by atoms with Crippen LogP contribution in [-0.2, 0) is 4.74 Å². The SMILES string of the molecule is CC1(C)C[C@@H](NC2CCN(c3cccc(N4CCNC4=O)c3)CC2)CCO1. The summed E-state index contributed by atoms with van der Waals surface area (Å²) in [5.41, 5.74) is 2.21. The van der Waals surface area contributed by atoms with Gasteiger partial charge in [0, 0.05) is 56.2 Å². The number of ether oxygens (including phenoxy) is 1. The topological polar surface area (TPSA) is 56.8 Å². The number of carbonyl (C=O) groups excluding carboxylic acids is 1. The number of nitrogens with one attached hydrogen (secondary N) is 2. The number of hydrogen-bond donors (Lipinski definition) is 2. The van der Waals surface area contributed by atoms with E-state index in [2.05, 4.69) is 47.6 Å². The van der Waals surface area contributed by atoms with Crippen molar-refractivity contribution in [3.63, 3.8) is 0 Å². The molecule has 0 saturated carbocycles. The van der Waals surface area contributed by atoms with Gasteiger partial charge in [-0.05, 0) is 57.7 Å². The Kier molecular flexibility index (Phi) is 5.28. The average Bonchev–Trinajstić information content (AvgIpc) is 3.08. The Morgan fingerprint density at radius 2 is 1.89 bits per heavy atom. The lowest BCUT2D eigenvalue weighted by Crippen LogP contribution is -2.50. The van der Waals surface area contributed by atoms with E-state index in [0.717, 1.165) is 64.2 Å². The van der Waals surface area contributed by atoms with E-state index in [1.165, 1.54) is 5.69 Å². The van der Waals surface area contributed by atoms with Crippen molar-refractivity contribution in [2.75, 3.05) is 42.6 Å². The van der Waals surface area contributed by atoms with E-state index in [4.69, 9.17) is 4.74 Å². The first-order valence-electron chi connectivity index (χ1n) is 10.3. The highest BCUT2D eigenvalue weighted by Gasteiger charge is 2.31. The van der Waals surface area contributed by atoms with Crippen LogP contribution < -0.4 is 20.4 Å². The Morgan fingerprint density at radius 3 is 2.59 bits per heavy atom. The fourth-order valence-corrected chi connectivity index (χ4v) is 4.59. The molecular formula is C21H32N4O2. The van der Waals surface area contributed by atoms with Crippen LogP contribution in [0, 0.1) is 0 Å². The van der Waals surface area contributed by atoms with Crippen LogP contribution in [0.25, 0.3) is 0 Å². The molecule has 3 fully saturated rings. The van der Waals surface area contributed by atoms with E-state index in [1.54, 1.807) is 0 Å². The van der Waals surface area contributed by atoms with Gasteiger partial charge in [-0.2, -0.15) is 0 Å². The molecule has 1 aromatic rings. The number of amides is 2. The van der Waals surface area contributed by atoms with E-state index in [1.807, 2.05) is 11.0 Å². The minimum absolute atomic E-state index is 0.00107. The van der Waals surface area contributed by atoms with Gasteiger partial charge in [-0.1, -0.05) is 6.07 Å². The molecule has 3 aliphatic rings. The zero-order valence-electron chi connectivity index (χ0n) is 16.5. The van der Waals surface area contributed by atoms with Crippen LogP contribution in [-0.4, -0.2) is 56.5 Å². The van der Waals surface area contributed by atoms with Gasteiger partial charge >= 0.3 is 6.03 Å². The smallest absolute Gasteiger partial charge is 0.321 e. The summed E-state index contributed by atoms with van der Waals surface area (Å²) < 4.78 is 5.84. The zero-order chi connectivity index (χ0) is 18.9. The molecule has 148 valence electrons. The number of anilines is 2. The third kappa shape index (κ3) is 4.38. The predicted octanol–water partition coefficient (Wildman–Crippen LogP) is 2.73. The summed E-state index contributed by atoms with van der Waals surface area (Å²) in [6.07, 6.45) is 4.52. The summed E-state index contributed by atoms with van der Waals surface area (Å²) in [7, 11) is 0. The van der Waals surface area contributed by atoms with Crippen molar-refractivity contribution in [3.8, 4) is 0 Å². The third-order valence-electron chi connectivity index (χ3n) is 6.03. The Balaban J connectivity index is 1.32. The quantitative estimate of drug-likeness (QED) is 0.853. The molecule has 2 amide bonds. The Bertz CT molecular complexity index is 670. The van der Waals surface area contributed by atoms with Gasteiger partial charge in [-0.3, -0.25) is 4.90 Å². The monoisotopic (exact) mass is 372 g/mol. The fourth-order valence-electron chi connectivity index (χ4n) is 4.59. The van der Waals surface area contributed by atoms with Crippen LogP contribution in [0.4, 0.5) is 16.2 Å². The second kappa shape index (κ2) is 7.68. The lowest BCUT2D eigenvalue weighted by molar-refractivity contribution is -0.0644. The standard InChI is InChI=1S/C21H32N4O2/c1-21(2)15-17(8-13-27-21)23-16-6-10-24(11-7-16)18-4-3-5-19(14-18)25-12-9-22-20(25)26/h3-5,14,16-17,23H,6-13,15H2,1-2H3,(H,22,26)/t17-/m0/s1. The fraction of sp³-hybridized carbons (Fsp3) is 0.667. The van der Waals surface area contributed by atoms with Gasteiger partial charge in [-0.25, -0.2) is 4.79 Å². The molecule has 3 aliphatic heterocycles. The van der Waals surface area contributed by atoms with Crippen molar-refractivity contribution >= 4 is 17.4 Å². The van der Waals surface area contributed by atoms with Gasteiger partial charge < -0.3 is 20.3 Å². The minimum atomic E-state index is -0.00107. The van der Waals surface area contributed by atoms with Crippen LogP contribution in [0.1, 0.15) is 39.5 Å². The molecule has 4 rings (SSSR count). The van der Waals surface area contributed by atoms with E-state index in [-0.39, 0.29) is 11.6 Å². The first kappa shape index (κ1) is 18.6. The van der Waals surface area contributed by atoms with Crippen molar-refractivity contribution in [2.45, 2.75) is 57.2 Å². The van der Waals surface area contributed by atoms with Gasteiger partial charge in [0.1, 0.15) is 0 Å². The Labute approximate surface area is 162 Å². The van der Waals surface area contributed by atoms with E-state index in [9.17, 15) is 4.79 Å². The molecular weight excluding hydrogens is 340 g/mol. The van der Waals surface area contributed by atoms with Crippen molar-refractivity contribution in [2.24, 2.45) is 0 Å². The van der Waals surface area contributed by atoms with Crippen molar-refractivity contribution in [1.82, 2.24) is 10.6 Å². The molecule has 0 aromatic heterocycles. The molecule has 3 heterocycles. The van der Waals surface area contributed by atoms with Crippen molar-refractivity contribution in [3.05, 3.63) is 24.3 Å². The lowest BCUT2D eigenvalue weighted by atomic mass is 9.92. The number of carbonyl (C=O) groups is 1. The number of nitrogens with zero attached hydrogens (tertiary/aromatic N) is 2. The largest absolute Gasteiger partial charge is 0.375 e. The molecule has 6 nitrogen and oxygen atoms in total. The molecule has 0 spiro atoms. The van der Waals surface area contributed by atoms with Crippen molar-refractivity contribution in [1.29, 1.82) is 0 Å². The second-order valence-corrected chi connectivity index (χ2v) is 8.63. The summed E-state index contributed by atoms with van der Waals surface area (Å²) in [5.74, 6) is 0. The Morgan fingerprint density at radius 1 is 1.11 bits per heavy atom. The number of rotatable bonds is 4. The van der Waals surface area contributed by atoms with Crippen LogP contribution in [0.5, 0.6) is 0 Å². The van der Waals surface area contributed by atoms with Crippen LogP contribution in [0.2, 0.25) is 0 Å². The number of urea groups is 1. The van der Waals surface area contributed by atoms with Crippen molar-refractivity contribution < 1.29 is 9.53 Å². The molecule has 2 N–H and O–H groups in total. The third-order valence-corrected chi connectivity index (χ3v) is 6.03. The van der Waals surface area contributed by atoms with Crippen LogP contribution >= 0.6 is 0 Å². The summed E-state index contributed by atoms with van der Waals surface area (Å²) in [4.78, 5) is 16.2. The summed E-state index contributed by atoms with van der Waals surface area (Å²) >= 11 is 0. The maximum atomic E-state index is 11.9. The molecule has 0 radical (unpaired) electrons. The van der Waals surface area contributed by atoms with Crippen LogP contribution in [0.15, 0.2) is 24.3 Å². The molecule has 1 aromatic carbocycles. The van der Waals surface area contributed by atoms with Crippen LogP contribution in [0.3, 0.4) is 0 Å². The molecule has 0 unspecified atom stereocenters. The highest BCUT2D eigenvalue weighted by Crippen LogP contribution is 2.28. The highest BCUT2D eigenvalue weighted by molar-refractivity contribution is 5.94. The zero-order valence-corrected chi connectivity index (χ0v) is 16.5. The molecule has 27 heavy (non-hydrogen) atoms. The van der Waals surface area contributed by atoms with E-state index >= 15 is 0 Å². The van der Waals surface area contributed by atoms with Gasteiger partial charge in [0.15, 0.2) is 0 Å². The highest BCUT2D eigenvalue weighted by atomic mass is 16.5. The number of piperidine rings is 1. The predicted molar refractivity (Wildman–Crippen MR) is 109 cm³/mol. The number of hydrogen-bond acceptors (Lipinski definition) is 4. The molecule has 1 atom stereocenters. The number of benzene rings is 1. The average molecular weight is 373 g/mol. The normalized spacial score (nSPS) is 26.3. The summed E-state index contributed by atoms with van der Waals surface area (Å²) in [6.45, 7) is 8.83. The first-order valence-corrected chi connectivity index (χ1v) is 10.3. The second-order valence-electron chi connectivity index (χ2n) is 8.63.